The number of nitrogens with zero attached hydrogens (tertiary/aromatic N) is 1. The number of hydrogen-bond acceptors (Lipinski definition) is 4. The zero-order chi connectivity index (χ0) is 13.2. The number of hydrogen-bond donors (Lipinski definition) is 1. The molecule has 96 valence electrons. The molecule has 0 fully saturated rings. The Kier molecular flexibility index (Phi) is 3.48. The van der Waals surface area contributed by atoms with Gasteiger partial charge in [-0.25, -0.2) is 4.98 Å². The van der Waals surface area contributed by atoms with Gasteiger partial charge in [-0.05, 0) is 29.8 Å². The van der Waals surface area contributed by atoms with Crippen molar-refractivity contribution >= 4 is 44.5 Å². The number of nitrogen functional groups attached to an aromatic ring is 1. The van der Waals surface area contributed by atoms with Gasteiger partial charge in [-0.2, -0.15) is 0 Å². The molecule has 0 atom stereocenters. The van der Waals surface area contributed by atoms with Crippen molar-refractivity contribution in [3.63, 3.8) is 0 Å². The molecule has 3 rings (SSSR count). The van der Waals surface area contributed by atoms with Crippen LogP contribution in [0, 0.1) is 0 Å². The molecule has 0 aliphatic carbocycles. The van der Waals surface area contributed by atoms with Gasteiger partial charge in [0, 0.05) is 15.9 Å². The molecule has 0 aliphatic heterocycles. The van der Waals surface area contributed by atoms with Crippen LogP contribution in [0.15, 0.2) is 56.6 Å². The highest BCUT2D eigenvalue weighted by Gasteiger charge is 2.09. The van der Waals surface area contributed by atoms with Crippen LogP contribution in [0.3, 0.4) is 0 Å². The van der Waals surface area contributed by atoms with E-state index >= 15 is 0 Å². The minimum absolute atomic E-state index is 0.663. The van der Waals surface area contributed by atoms with Gasteiger partial charge in [-0.3, -0.25) is 0 Å². The fourth-order valence-corrected chi connectivity index (χ4v) is 3.38. The van der Waals surface area contributed by atoms with Gasteiger partial charge in [0.25, 0.3) is 5.22 Å². The van der Waals surface area contributed by atoms with E-state index in [2.05, 4.69) is 20.9 Å². The van der Waals surface area contributed by atoms with Crippen molar-refractivity contribution in [2.75, 3.05) is 5.73 Å². The highest BCUT2D eigenvalue weighted by molar-refractivity contribution is 9.10. The minimum atomic E-state index is 0.663. The Balaban J connectivity index is 1.82. The van der Waals surface area contributed by atoms with Crippen LogP contribution >= 0.6 is 27.7 Å². The first-order valence-electron chi connectivity index (χ1n) is 5.75. The van der Waals surface area contributed by atoms with Crippen LogP contribution in [-0.2, 0) is 5.75 Å². The number of anilines is 1. The molecular formula is C14H11BrN2OS. The van der Waals surface area contributed by atoms with E-state index in [1.165, 1.54) is 11.8 Å². The molecule has 0 aliphatic rings. The number of fused-ring (bicyclic) bond motifs is 1. The number of aromatic nitrogens is 1. The molecule has 2 N–H and O–H groups in total. The van der Waals surface area contributed by atoms with Gasteiger partial charge in [0.1, 0.15) is 5.52 Å². The summed E-state index contributed by atoms with van der Waals surface area (Å²) in [7, 11) is 0. The molecule has 0 amide bonds. The second kappa shape index (κ2) is 5.27. The van der Waals surface area contributed by atoms with Gasteiger partial charge in [-0.15, -0.1) is 0 Å². The summed E-state index contributed by atoms with van der Waals surface area (Å²) in [4.78, 5) is 4.43. The summed E-state index contributed by atoms with van der Waals surface area (Å²) in [6, 6.07) is 13.5. The molecule has 2 aromatic carbocycles. The fraction of sp³-hybridized carbons (Fsp3) is 0.0714. The van der Waals surface area contributed by atoms with Crippen molar-refractivity contribution in [1.82, 2.24) is 4.98 Å². The van der Waals surface area contributed by atoms with E-state index in [0.29, 0.717) is 5.22 Å². The number of rotatable bonds is 3. The lowest BCUT2D eigenvalue weighted by Gasteiger charge is -2.05. The molecule has 1 heterocycles. The average molecular weight is 335 g/mol. The predicted molar refractivity (Wildman–Crippen MR) is 82.1 cm³/mol. The second-order valence-corrected chi connectivity index (χ2v) is 5.82. The van der Waals surface area contributed by atoms with Crippen LogP contribution in [-0.4, -0.2) is 4.98 Å². The Morgan fingerprint density at radius 3 is 2.79 bits per heavy atom. The number of para-hydroxylation sites is 2. The lowest BCUT2D eigenvalue weighted by molar-refractivity contribution is 0.489. The molecular weight excluding hydrogens is 324 g/mol. The Morgan fingerprint density at radius 2 is 2.00 bits per heavy atom. The zero-order valence-corrected chi connectivity index (χ0v) is 12.4. The van der Waals surface area contributed by atoms with Crippen molar-refractivity contribution in [3.05, 3.63) is 52.5 Å². The summed E-state index contributed by atoms with van der Waals surface area (Å²) in [6.07, 6.45) is 0. The standard InChI is InChI=1S/C14H11BrN2OS/c15-10-4-3-5-11(16)9(10)8-19-14-17-12-6-1-2-7-13(12)18-14/h1-7H,8,16H2. The molecule has 0 saturated carbocycles. The number of nitrogens with two attached hydrogens (primary N) is 1. The first-order valence-corrected chi connectivity index (χ1v) is 7.53. The van der Waals surface area contributed by atoms with E-state index in [1.54, 1.807) is 0 Å². The molecule has 0 bridgehead atoms. The molecule has 0 spiro atoms. The maximum Gasteiger partial charge on any atom is 0.257 e. The van der Waals surface area contributed by atoms with Crippen LogP contribution in [0.2, 0.25) is 0 Å². The Labute approximate surface area is 123 Å². The maximum atomic E-state index is 5.97. The predicted octanol–water partition coefficient (Wildman–Crippen LogP) is 4.46. The Morgan fingerprint density at radius 1 is 1.16 bits per heavy atom. The zero-order valence-electron chi connectivity index (χ0n) is 9.97. The number of oxazole rings is 1. The molecule has 0 unspecified atom stereocenters. The van der Waals surface area contributed by atoms with Crippen LogP contribution in [0.1, 0.15) is 5.56 Å². The van der Waals surface area contributed by atoms with Gasteiger partial charge in [0.2, 0.25) is 0 Å². The number of halogens is 1. The van der Waals surface area contributed by atoms with Crippen molar-refractivity contribution in [2.24, 2.45) is 0 Å². The lowest BCUT2D eigenvalue weighted by atomic mass is 10.2. The van der Waals surface area contributed by atoms with E-state index in [4.69, 9.17) is 10.2 Å². The summed E-state index contributed by atoms with van der Waals surface area (Å²) in [5.41, 5.74) is 9.50. The van der Waals surface area contributed by atoms with Crippen molar-refractivity contribution in [2.45, 2.75) is 11.0 Å². The summed E-state index contributed by atoms with van der Waals surface area (Å²) < 4.78 is 6.68. The topological polar surface area (TPSA) is 52.0 Å². The van der Waals surface area contributed by atoms with Crippen molar-refractivity contribution in [1.29, 1.82) is 0 Å². The van der Waals surface area contributed by atoms with Crippen LogP contribution < -0.4 is 5.73 Å². The third-order valence-corrected chi connectivity index (χ3v) is 4.37. The number of benzene rings is 2. The van der Waals surface area contributed by atoms with E-state index in [0.717, 1.165) is 32.6 Å². The normalized spacial score (nSPS) is 11.0. The largest absolute Gasteiger partial charge is 0.431 e. The molecule has 3 nitrogen and oxygen atoms in total. The van der Waals surface area contributed by atoms with Gasteiger partial charge < -0.3 is 10.2 Å². The summed E-state index contributed by atoms with van der Waals surface area (Å²) >= 11 is 5.05. The minimum Gasteiger partial charge on any atom is -0.431 e. The monoisotopic (exact) mass is 334 g/mol. The molecule has 5 heteroatoms. The molecule has 1 aromatic heterocycles. The van der Waals surface area contributed by atoms with Gasteiger partial charge in [0.05, 0.1) is 0 Å². The second-order valence-electron chi connectivity index (χ2n) is 4.04. The third kappa shape index (κ3) is 2.62. The Hall–Kier alpha value is -1.46. The highest BCUT2D eigenvalue weighted by atomic mass is 79.9. The van der Waals surface area contributed by atoms with E-state index in [-0.39, 0.29) is 0 Å². The summed E-state index contributed by atoms with van der Waals surface area (Å²) in [5, 5.41) is 0.663. The van der Waals surface area contributed by atoms with Crippen LogP contribution in [0.5, 0.6) is 0 Å². The lowest BCUT2D eigenvalue weighted by Crippen LogP contribution is -1.93. The van der Waals surface area contributed by atoms with Crippen molar-refractivity contribution in [3.8, 4) is 0 Å². The fourth-order valence-electron chi connectivity index (χ4n) is 1.77. The van der Waals surface area contributed by atoms with Gasteiger partial charge in [0.15, 0.2) is 5.58 Å². The van der Waals surface area contributed by atoms with E-state index < -0.39 is 0 Å². The third-order valence-electron chi connectivity index (χ3n) is 2.77. The summed E-state index contributed by atoms with van der Waals surface area (Å²) in [5.74, 6) is 0.722. The van der Waals surface area contributed by atoms with Crippen LogP contribution in [0.25, 0.3) is 11.1 Å². The molecule has 3 aromatic rings. The first-order chi connectivity index (χ1) is 9.24. The smallest absolute Gasteiger partial charge is 0.257 e. The summed E-state index contributed by atoms with van der Waals surface area (Å²) in [6.45, 7) is 0. The quantitative estimate of drug-likeness (QED) is 0.567. The average Bonchev–Trinajstić information content (AvgIpc) is 2.81. The van der Waals surface area contributed by atoms with E-state index in [9.17, 15) is 0 Å². The first kappa shape index (κ1) is 12.6. The van der Waals surface area contributed by atoms with Crippen molar-refractivity contribution < 1.29 is 4.42 Å². The molecule has 19 heavy (non-hydrogen) atoms. The van der Waals surface area contributed by atoms with Gasteiger partial charge in [-0.1, -0.05) is 45.9 Å². The highest BCUT2D eigenvalue weighted by Crippen LogP contribution is 2.31. The maximum absolute atomic E-state index is 5.97. The molecule has 0 saturated heterocycles. The van der Waals surface area contributed by atoms with Crippen LogP contribution in [0.4, 0.5) is 5.69 Å². The van der Waals surface area contributed by atoms with E-state index in [1.807, 2.05) is 42.5 Å². The molecule has 0 radical (unpaired) electrons. The SMILES string of the molecule is Nc1cccc(Br)c1CSc1nc2ccccc2o1. The number of thioether (sulfide) groups is 1. The van der Waals surface area contributed by atoms with Gasteiger partial charge >= 0.3 is 0 Å². The Bertz CT molecular complexity index is 673.